The molecule has 0 aromatic heterocycles. The molecule has 0 aliphatic heterocycles. The molecular weight excluding hydrogens is 216 g/mol. The first kappa shape index (κ1) is 12.9. The minimum Gasteiger partial charge on any atom is -0.0648 e. The van der Waals surface area contributed by atoms with Crippen LogP contribution in [0.25, 0.3) is 0 Å². The first-order chi connectivity index (χ1) is 8.81. The molecule has 0 N–H and O–H groups in total. The van der Waals surface area contributed by atoms with Gasteiger partial charge in [-0.25, -0.2) is 0 Å². The van der Waals surface area contributed by atoms with Crippen molar-refractivity contribution >= 4 is 0 Å². The SMILES string of the molecule is CCC(C)c1ccccc1CCc1ccccc1. The summed E-state index contributed by atoms with van der Waals surface area (Å²) in [7, 11) is 0. The summed E-state index contributed by atoms with van der Waals surface area (Å²) >= 11 is 0. The molecule has 94 valence electrons. The van der Waals surface area contributed by atoms with E-state index < -0.39 is 0 Å². The zero-order valence-electron chi connectivity index (χ0n) is 11.4. The van der Waals surface area contributed by atoms with Crippen molar-refractivity contribution in [2.75, 3.05) is 0 Å². The molecule has 0 heteroatoms. The molecule has 2 aromatic carbocycles. The van der Waals surface area contributed by atoms with Gasteiger partial charge in [0.1, 0.15) is 0 Å². The molecule has 0 fully saturated rings. The molecule has 0 saturated heterocycles. The minimum absolute atomic E-state index is 0.664. The Morgan fingerprint density at radius 3 is 2.22 bits per heavy atom. The molecule has 18 heavy (non-hydrogen) atoms. The normalized spacial score (nSPS) is 12.3. The van der Waals surface area contributed by atoms with Crippen LogP contribution in [0.2, 0.25) is 0 Å². The Morgan fingerprint density at radius 2 is 1.50 bits per heavy atom. The zero-order chi connectivity index (χ0) is 12.8. The molecule has 0 bridgehead atoms. The highest BCUT2D eigenvalue weighted by molar-refractivity contribution is 5.31. The van der Waals surface area contributed by atoms with E-state index in [4.69, 9.17) is 0 Å². The van der Waals surface area contributed by atoms with Crippen LogP contribution < -0.4 is 0 Å². The standard InChI is InChI=1S/C18H22/c1-3-15(2)18-12-8-7-11-17(18)14-13-16-9-5-4-6-10-16/h4-12,15H,3,13-14H2,1-2H3. The van der Waals surface area contributed by atoms with Gasteiger partial charge < -0.3 is 0 Å². The van der Waals surface area contributed by atoms with E-state index in [9.17, 15) is 0 Å². The maximum atomic E-state index is 2.32. The largest absolute Gasteiger partial charge is 0.0648 e. The molecule has 0 aliphatic rings. The van der Waals surface area contributed by atoms with E-state index in [-0.39, 0.29) is 0 Å². The van der Waals surface area contributed by atoms with Crippen LogP contribution in [0.5, 0.6) is 0 Å². The van der Waals surface area contributed by atoms with Gasteiger partial charge in [-0.15, -0.1) is 0 Å². The highest BCUT2D eigenvalue weighted by Gasteiger charge is 2.08. The van der Waals surface area contributed by atoms with E-state index in [2.05, 4.69) is 68.4 Å². The Hall–Kier alpha value is -1.56. The van der Waals surface area contributed by atoms with Crippen LogP contribution in [0, 0.1) is 0 Å². The summed E-state index contributed by atoms with van der Waals surface area (Å²) in [6, 6.07) is 19.6. The van der Waals surface area contributed by atoms with Crippen LogP contribution in [-0.4, -0.2) is 0 Å². The van der Waals surface area contributed by atoms with Crippen LogP contribution in [0.1, 0.15) is 42.9 Å². The van der Waals surface area contributed by atoms with Crippen molar-refractivity contribution in [1.29, 1.82) is 0 Å². The Bertz CT molecular complexity index is 470. The maximum Gasteiger partial charge on any atom is -0.0190 e. The molecule has 2 aromatic rings. The second-order valence-corrected chi connectivity index (χ2v) is 4.99. The molecule has 0 heterocycles. The summed E-state index contributed by atoms with van der Waals surface area (Å²) < 4.78 is 0. The molecule has 0 aliphatic carbocycles. The Morgan fingerprint density at radius 1 is 0.833 bits per heavy atom. The fraction of sp³-hybridized carbons (Fsp3) is 0.333. The van der Waals surface area contributed by atoms with E-state index in [1.54, 1.807) is 0 Å². The van der Waals surface area contributed by atoms with Crippen molar-refractivity contribution in [3.8, 4) is 0 Å². The summed E-state index contributed by atoms with van der Waals surface area (Å²) in [6.45, 7) is 4.58. The lowest BCUT2D eigenvalue weighted by Crippen LogP contribution is -2.00. The maximum absolute atomic E-state index is 2.32. The topological polar surface area (TPSA) is 0 Å². The molecule has 1 atom stereocenters. The van der Waals surface area contributed by atoms with Gasteiger partial charge in [0.2, 0.25) is 0 Å². The fourth-order valence-electron chi connectivity index (χ4n) is 2.39. The second-order valence-electron chi connectivity index (χ2n) is 4.99. The lowest BCUT2D eigenvalue weighted by molar-refractivity contribution is 0.719. The zero-order valence-corrected chi connectivity index (χ0v) is 11.4. The van der Waals surface area contributed by atoms with E-state index in [0.29, 0.717) is 5.92 Å². The molecule has 1 unspecified atom stereocenters. The molecule has 0 nitrogen and oxygen atoms in total. The third-order valence-corrected chi connectivity index (χ3v) is 3.72. The highest BCUT2D eigenvalue weighted by Crippen LogP contribution is 2.23. The third-order valence-electron chi connectivity index (χ3n) is 3.72. The quantitative estimate of drug-likeness (QED) is 0.688. The molecule has 0 amide bonds. The number of hydrogen-bond donors (Lipinski definition) is 0. The lowest BCUT2D eigenvalue weighted by Gasteiger charge is -2.14. The molecule has 0 spiro atoms. The molecule has 0 saturated carbocycles. The van der Waals surface area contributed by atoms with Crippen LogP contribution in [-0.2, 0) is 12.8 Å². The molecular formula is C18H22. The van der Waals surface area contributed by atoms with Crippen LogP contribution in [0.3, 0.4) is 0 Å². The second kappa shape index (κ2) is 6.39. The van der Waals surface area contributed by atoms with Crippen LogP contribution >= 0.6 is 0 Å². The van der Waals surface area contributed by atoms with Gasteiger partial charge in [-0.2, -0.15) is 0 Å². The summed E-state index contributed by atoms with van der Waals surface area (Å²) in [5.74, 6) is 0.664. The predicted molar refractivity (Wildman–Crippen MR) is 79.0 cm³/mol. The summed E-state index contributed by atoms with van der Waals surface area (Å²) in [5.41, 5.74) is 4.46. The molecule has 2 rings (SSSR count). The Labute approximate surface area is 111 Å². The first-order valence-electron chi connectivity index (χ1n) is 6.93. The average molecular weight is 238 g/mol. The highest BCUT2D eigenvalue weighted by atomic mass is 14.1. The third kappa shape index (κ3) is 3.22. The van der Waals surface area contributed by atoms with Crippen molar-refractivity contribution in [2.24, 2.45) is 0 Å². The van der Waals surface area contributed by atoms with Gasteiger partial charge in [0, 0.05) is 0 Å². The summed E-state index contributed by atoms with van der Waals surface area (Å²) in [5, 5.41) is 0. The van der Waals surface area contributed by atoms with Gasteiger partial charge in [-0.3, -0.25) is 0 Å². The van der Waals surface area contributed by atoms with E-state index in [0.717, 1.165) is 12.8 Å². The van der Waals surface area contributed by atoms with Crippen molar-refractivity contribution in [2.45, 2.75) is 39.0 Å². The van der Waals surface area contributed by atoms with Gasteiger partial charge in [-0.1, -0.05) is 68.4 Å². The van der Waals surface area contributed by atoms with Gasteiger partial charge in [0.25, 0.3) is 0 Å². The van der Waals surface area contributed by atoms with Crippen LogP contribution in [0.15, 0.2) is 54.6 Å². The van der Waals surface area contributed by atoms with E-state index in [1.165, 1.54) is 23.1 Å². The molecule has 0 radical (unpaired) electrons. The first-order valence-corrected chi connectivity index (χ1v) is 6.93. The average Bonchev–Trinajstić information content (AvgIpc) is 2.45. The van der Waals surface area contributed by atoms with Gasteiger partial charge in [0.15, 0.2) is 0 Å². The van der Waals surface area contributed by atoms with E-state index >= 15 is 0 Å². The van der Waals surface area contributed by atoms with Crippen molar-refractivity contribution in [1.82, 2.24) is 0 Å². The smallest absolute Gasteiger partial charge is 0.0190 e. The monoisotopic (exact) mass is 238 g/mol. The van der Waals surface area contributed by atoms with Gasteiger partial charge in [-0.05, 0) is 41.9 Å². The predicted octanol–water partition coefficient (Wildman–Crippen LogP) is 4.99. The minimum atomic E-state index is 0.664. The van der Waals surface area contributed by atoms with Crippen LogP contribution in [0.4, 0.5) is 0 Å². The van der Waals surface area contributed by atoms with Gasteiger partial charge >= 0.3 is 0 Å². The van der Waals surface area contributed by atoms with E-state index in [1.807, 2.05) is 0 Å². The lowest BCUT2D eigenvalue weighted by atomic mass is 9.91. The number of rotatable bonds is 5. The van der Waals surface area contributed by atoms with Crippen molar-refractivity contribution in [3.63, 3.8) is 0 Å². The number of hydrogen-bond acceptors (Lipinski definition) is 0. The fourth-order valence-corrected chi connectivity index (χ4v) is 2.39. The summed E-state index contributed by atoms with van der Waals surface area (Å²) in [6.07, 6.45) is 3.49. The Kier molecular flexibility index (Phi) is 4.58. The van der Waals surface area contributed by atoms with Crippen molar-refractivity contribution < 1.29 is 0 Å². The Balaban J connectivity index is 2.10. The summed E-state index contributed by atoms with van der Waals surface area (Å²) in [4.78, 5) is 0. The number of benzene rings is 2. The van der Waals surface area contributed by atoms with Gasteiger partial charge in [0.05, 0.1) is 0 Å². The van der Waals surface area contributed by atoms with Crippen molar-refractivity contribution in [3.05, 3.63) is 71.3 Å². The number of aryl methyl sites for hydroxylation is 2.